The van der Waals surface area contributed by atoms with Crippen LogP contribution in [-0.4, -0.2) is 56.7 Å². The van der Waals surface area contributed by atoms with E-state index in [0.29, 0.717) is 24.2 Å². The van der Waals surface area contributed by atoms with Crippen LogP contribution in [0.5, 0.6) is 11.5 Å². The molecule has 6 atom stereocenters. The Labute approximate surface area is 180 Å². The number of nitrogens with zero attached hydrogens (tertiary/aromatic N) is 1. The summed E-state index contributed by atoms with van der Waals surface area (Å²) in [5.74, 6) is 2.40. The summed E-state index contributed by atoms with van der Waals surface area (Å²) in [7, 11) is 5.69. The van der Waals surface area contributed by atoms with Crippen molar-refractivity contribution in [1.82, 2.24) is 4.90 Å². The third kappa shape index (κ3) is 2.71. The van der Waals surface area contributed by atoms with Gasteiger partial charge in [-0.3, -0.25) is 4.79 Å². The molecular formula is C25H35NO4. The fourth-order valence-electron chi connectivity index (χ4n) is 6.87. The minimum Gasteiger partial charge on any atom is -0.493 e. The summed E-state index contributed by atoms with van der Waals surface area (Å²) >= 11 is 0. The molecule has 4 aliphatic rings. The van der Waals surface area contributed by atoms with Crippen LogP contribution in [0.25, 0.3) is 0 Å². The number of ketones is 1. The zero-order valence-corrected chi connectivity index (χ0v) is 18.8. The van der Waals surface area contributed by atoms with Crippen molar-refractivity contribution in [1.29, 1.82) is 0 Å². The van der Waals surface area contributed by atoms with Crippen molar-refractivity contribution in [2.75, 3.05) is 27.8 Å². The van der Waals surface area contributed by atoms with Gasteiger partial charge in [0, 0.05) is 36.5 Å². The zero-order valence-electron chi connectivity index (χ0n) is 18.8. The van der Waals surface area contributed by atoms with Crippen LogP contribution in [0.15, 0.2) is 25.3 Å². The summed E-state index contributed by atoms with van der Waals surface area (Å²) in [6.45, 7) is 9.13. The maximum absolute atomic E-state index is 13.1. The molecule has 1 spiro atoms. The lowest BCUT2D eigenvalue weighted by molar-refractivity contribution is -0.156. The average Bonchev–Trinajstić information content (AvgIpc) is 3.11. The summed E-state index contributed by atoms with van der Waals surface area (Å²) in [6, 6.07) is 4.73. The van der Waals surface area contributed by atoms with Crippen LogP contribution in [-0.2, 0) is 21.4 Å². The van der Waals surface area contributed by atoms with Crippen LogP contribution in [0, 0.1) is 11.8 Å². The number of Topliss-reactive ketones (excluding diaryl/α,β-unsaturated/α-hetero) is 1. The lowest BCUT2D eigenvalue weighted by Crippen LogP contribution is -2.68. The topological polar surface area (TPSA) is 48.0 Å². The average molecular weight is 414 g/mol. The molecule has 2 aliphatic heterocycles. The molecule has 2 aliphatic carbocycles. The standard InChI is InChI=1S/C23H31NO4.C2H4/c1-5-6-17(25)14-12-15-16-11-13-7-8-18(26-3)21-19(13)23(15,9-10-24(16)2)22(28-21)20(14)27-4;1-2/h7-8,14-16,20,22H,5-6,9-12H2,1-4H3;1-2H2/t14?,15?,16?,20?,22-,23-;/m0./s1. The molecule has 4 unspecified atom stereocenters. The Balaban J connectivity index is 0.00000106. The van der Waals surface area contributed by atoms with E-state index in [1.165, 1.54) is 11.1 Å². The normalized spacial score (nSPS) is 35.5. The van der Waals surface area contributed by atoms with Gasteiger partial charge in [0.25, 0.3) is 0 Å². The SMILES string of the molecule is C=C.CCCC(=O)C1CC2C3Cc4ccc(OC)c5c4[C@@]2(CCN3C)[C@@H](O5)C1OC. The number of methoxy groups -OCH3 is 2. The first-order valence-electron chi connectivity index (χ1n) is 11.2. The second-order valence-corrected chi connectivity index (χ2v) is 9.08. The van der Waals surface area contributed by atoms with Crippen LogP contribution < -0.4 is 9.47 Å². The van der Waals surface area contributed by atoms with Crippen molar-refractivity contribution in [3.05, 3.63) is 36.4 Å². The molecule has 1 aromatic rings. The molecule has 0 amide bonds. The van der Waals surface area contributed by atoms with Gasteiger partial charge in [-0.15, -0.1) is 13.2 Å². The van der Waals surface area contributed by atoms with E-state index in [1.54, 1.807) is 14.2 Å². The van der Waals surface area contributed by atoms with E-state index in [1.807, 2.05) is 6.07 Å². The molecule has 0 N–H and O–H groups in total. The second-order valence-electron chi connectivity index (χ2n) is 9.08. The summed E-state index contributed by atoms with van der Waals surface area (Å²) in [5.41, 5.74) is 2.69. The fourth-order valence-corrected chi connectivity index (χ4v) is 6.87. The molecule has 1 saturated carbocycles. The van der Waals surface area contributed by atoms with Gasteiger partial charge in [0.05, 0.1) is 7.11 Å². The Kier molecular flexibility index (Phi) is 5.71. The van der Waals surface area contributed by atoms with Gasteiger partial charge in [0.15, 0.2) is 11.5 Å². The van der Waals surface area contributed by atoms with E-state index < -0.39 is 0 Å². The molecule has 0 radical (unpaired) electrons. The van der Waals surface area contributed by atoms with Crippen LogP contribution in [0.2, 0.25) is 0 Å². The molecule has 2 bridgehead atoms. The molecular weight excluding hydrogens is 378 g/mol. The molecule has 0 aromatic heterocycles. The predicted octanol–water partition coefficient (Wildman–Crippen LogP) is 3.78. The fraction of sp³-hybridized carbons (Fsp3) is 0.640. The number of likely N-dealkylation sites (tertiary alicyclic amines) is 1. The molecule has 5 nitrogen and oxygen atoms in total. The minimum atomic E-state index is -0.192. The molecule has 5 heteroatoms. The summed E-state index contributed by atoms with van der Waals surface area (Å²) < 4.78 is 18.4. The number of carbonyl (C=O) groups is 1. The van der Waals surface area contributed by atoms with Crippen LogP contribution in [0.1, 0.15) is 43.7 Å². The minimum absolute atomic E-state index is 0.0572. The number of ether oxygens (including phenoxy) is 3. The molecule has 2 fully saturated rings. The Morgan fingerprint density at radius 2 is 2.10 bits per heavy atom. The lowest BCUT2D eigenvalue weighted by atomic mass is 9.49. The van der Waals surface area contributed by atoms with Crippen molar-refractivity contribution < 1.29 is 19.0 Å². The van der Waals surface area contributed by atoms with Crippen LogP contribution >= 0.6 is 0 Å². The first-order chi connectivity index (χ1) is 14.6. The van der Waals surface area contributed by atoms with Crippen LogP contribution in [0.3, 0.4) is 0 Å². The number of piperidine rings is 1. The lowest BCUT2D eigenvalue weighted by Gasteiger charge is -2.60. The first kappa shape index (κ1) is 21.4. The number of hydrogen-bond acceptors (Lipinski definition) is 5. The smallest absolute Gasteiger partial charge is 0.165 e. The highest BCUT2D eigenvalue weighted by Crippen LogP contribution is 2.64. The molecule has 1 aromatic carbocycles. The monoisotopic (exact) mass is 413 g/mol. The van der Waals surface area contributed by atoms with Gasteiger partial charge in [0.1, 0.15) is 18.0 Å². The molecule has 30 heavy (non-hydrogen) atoms. The third-order valence-corrected chi connectivity index (χ3v) is 8.03. The van der Waals surface area contributed by atoms with E-state index in [2.05, 4.69) is 38.1 Å². The Bertz CT molecular complexity index is 824. The van der Waals surface area contributed by atoms with E-state index in [4.69, 9.17) is 14.2 Å². The van der Waals surface area contributed by atoms with E-state index in [0.717, 1.165) is 43.7 Å². The summed E-state index contributed by atoms with van der Waals surface area (Å²) in [4.78, 5) is 15.6. The Hall–Kier alpha value is -1.85. The zero-order chi connectivity index (χ0) is 21.6. The van der Waals surface area contributed by atoms with Crippen molar-refractivity contribution in [3.63, 3.8) is 0 Å². The van der Waals surface area contributed by atoms with Gasteiger partial charge < -0.3 is 19.1 Å². The van der Waals surface area contributed by atoms with Crippen molar-refractivity contribution >= 4 is 5.78 Å². The van der Waals surface area contributed by atoms with E-state index in [9.17, 15) is 4.79 Å². The second kappa shape index (κ2) is 8.01. The van der Waals surface area contributed by atoms with Gasteiger partial charge in [-0.1, -0.05) is 13.0 Å². The van der Waals surface area contributed by atoms with E-state index >= 15 is 0 Å². The van der Waals surface area contributed by atoms with Gasteiger partial charge in [-0.2, -0.15) is 0 Å². The Morgan fingerprint density at radius 3 is 2.77 bits per heavy atom. The first-order valence-corrected chi connectivity index (χ1v) is 11.2. The van der Waals surface area contributed by atoms with Crippen molar-refractivity contribution in [2.45, 2.75) is 62.7 Å². The predicted molar refractivity (Wildman–Crippen MR) is 117 cm³/mol. The summed E-state index contributed by atoms with van der Waals surface area (Å²) in [6.07, 6.45) is 4.19. The number of likely N-dealkylation sites (N-methyl/N-ethyl adjacent to an activating group) is 1. The van der Waals surface area contributed by atoms with Gasteiger partial charge in [-0.05, 0) is 56.8 Å². The number of carbonyl (C=O) groups excluding carboxylic acids is 1. The van der Waals surface area contributed by atoms with Gasteiger partial charge in [0.2, 0.25) is 0 Å². The van der Waals surface area contributed by atoms with Crippen molar-refractivity contribution in [2.24, 2.45) is 11.8 Å². The highest BCUT2D eigenvalue weighted by atomic mass is 16.6. The van der Waals surface area contributed by atoms with Gasteiger partial charge >= 0.3 is 0 Å². The number of hydrogen-bond donors (Lipinski definition) is 0. The molecule has 1 saturated heterocycles. The molecule has 5 rings (SSSR count). The third-order valence-electron chi connectivity index (χ3n) is 8.03. The molecule has 2 heterocycles. The van der Waals surface area contributed by atoms with Gasteiger partial charge in [-0.25, -0.2) is 0 Å². The Morgan fingerprint density at radius 1 is 1.33 bits per heavy atom. The highest BCUT2D eigenvalue weighted by Gasteiger charge is 2.68. The number of rotatable bonds is 5. The van der Waals surface area contributed by atoms with Crippen LogP contribution in [0.4, 0.5) is 0 Å². The summed E-state index contributed by atoms with van der Waals surface area (Å²) in [5, 5.41) is 0. The van der Waals surface area contributed by atoms with E-state index in [-0.39, 0.29) is 23.5 Å². The quantitative estimate of drug-likeness (QED) is 0.688. The maximum atomic E-state index is 13.1. The number of benzene rings is 1. The maximum Gasteiger partial charge on any atom is 0.165 e. The van der Waals surface area contributed by atoms with Crippen molar-refractivity contribution in [3.8, 4) is 11.5 Å². The molecule has 164 valence electrons. The highest BCUT2D eigenvalue weighted by molar-refractivity contribution is 5.82. The largest absolute Gasteiger partial charge is 0.493 e.